The van der Waals surface area contributed by atoms with Crippen LogP contribution in [-0.4, -0.2) is 29.0 Å². The van der Waals surface area contributed by atoms with Crippen molar-refractivity contribution >= 4 is 17.7 Å². The molecule has 0 radical (unpaired) electrons. The number of ether oxygens (including phenoxy) is 1. The summed E-state index contributed by atoms with van der Waals surface area (Å²) in [7, 11) is 0. The molecule has 88 valence electrons. The predicted molar refractivity (Wildman–Crippen MR) is 60.8 cm³/mol. The van der Waals surface area contributed by atoms with Crippen molar-refractivity contribution in [3.63, 3.8) is 0 Å². The van der Waals surface area contributed by atoms with E-state index in [1.54, 1.807) is 17.8 Å². The maximum atomic E-state index is 10.6. The van der Waals surface area contributed by atoms with Crippen LogP contribution in [0.15, 0.2) is 16.7 Å². The Morgan fingerprint density at radius 2 is 2.50 bits per heavy atom. The minimum absolute atomic E-state index is 0.214. The fourth-order valence-corrected chi connectivity index (χ4v) is 2.83. The molecule has 1 fully saturated rings. The van der Waals surface area contributed by atoms with Crippen LogP contribution in [0.4, 0.5) is 0 Å². The Morgan fingerprint density at radius 1 is 1.69 bits per heavy atom. The molecule has 1 aromatic rings. The second kappa shape index (κ2) is 4.93. The van der Waals surface area contributed by atoms with Gasteiger partial charge in [-0.05, 0) is 19.4 Å². The lowest BCUT2D eigenvalue weighted by Crippen LogP contribution is -2.13. The van der Waals surface area contributed by atoms with Gasteiger partial charge in [-0.15, -0.1) is 11.8 Å². The van der Waals surface area contributed by atoms with E-state index in [2.05, 4.69) is 6.92 Å². The van der Waals surface area contributed by atoms with E-state index in [0.717, 1.165) is 13.0 Å². The molecule has 1 aliphatic heterocycles. The molecule has 2 unspecified atom stereocenters. The largest absolute Gasteiger partial charge is 0.478 e. The molecule has 1 aromatic heterocycles. The van der Waals surface area contributed by atoms with Crippen molar-refractivity contribution in [1.29, 1.82) is 0 Å². The van der Waals surface area contributed by atoms with Crippen LogP contribution in [-0.2, 0) is 10.5 Å². The van der Waals surface area contributed by atoms with Gasteiger partial charge >= 0.3 is 5.97 Å². The third-order valence-electron chi connectivity index (χ3n) is 2.65. The van der Waals surface area contributed by atoms with Crippen LogP contribution in [0.2, 0.25) is 0 Å². The van der Waals surface area contributed by atoms with E-state index in [4.69, 9.17) is 14.3 Å². The summed E-state index contributed by atoms with van der Waals surface area (Å²) in [5, 5.41) is 9.22. The molecule has 0 aliphatic carbocycles. The quantitative estimate of drug-likeness (QED) is 0.878. The molecule has 4 nitrogen and oxygen atoms in total. The Bertz CT molecular complexity index is 374. The summed E-state index contributed by atoms with van der Waals surface area (Å²) in [6.45, 7) is 2.88. The molecule has 0 spiro atoms. The normalized spacial score (nSPS) is 24.8. The minimum atomic E-state index is -0.947. The van der Waals surface area contributed by atoms with Crippen LogP contribution in [0.25, 0.3) is 0 Å². The lowest BCUT2D eigenvalue weighted by molar-refractivity contribution is 0.0696. The van der Waals surface area contributed by atoms with E-state index < -0.39 is 5.97 Å². The second-order valence-electron chi connectivity index (χ2n) is 3.82. The molecule has 0 bridgehead atoms. The summed E-state index contributed by atoms with van der Waals surface area (Å²) in [5.74, 6) is 0.463. The Hall–Kier alpha value is -0.940. The number of thioether (sulfide) groups is 1. The summed E-state index contributed by atoms with van der Waals surface area (Å²) in [6.07, 6.45) is 2.62. The molecular weight excluding hydrogens is 228 g/mol. The van der Waals surface area contributed by atoms with Crippen LogP contribution in [0.1, 0.15) is 29.5 Å². The monoisotopic (exact) mass is 242 g/mol. The molecule has 1 aliphatic rings. The molecule has 2 heterocycles. The molecule has 16 heavy (non-hydrogen) atoms. The van der Waals surface area contributed by atoms with E-state index in [0.29, 0.717) is 16.8 Å². The van der Waals surface area contributed by atoms with Crippen molar-refractivity contribution in [3.8, 4) is 0 Å². The smallest absolute Gasteiger partial charge is 0.338 e. The molecule has 5 heteroatoms. The highest BCUT2D eigenvalue weighted by Crippen LogP contribution is 2.29. The number of hydrogen-bond donors (Lipinski definition) is 1. The van der Waals surface area contributed by atoms with Crippen LogP contribution in [0.3, 0.4) is 0 Å². The van der Waals surface area contributed by atoms with Crippen LogP contribution < -0.4 is 0 Å². The fraction of sp³-hybridized carbons (Fsp3) is 0.545. The first-order valence-electron chi connectivity index (χ1n) is 5.20. The average molecular weight is 242 g/mol. The summed E-state index contributed by atoms with van der Waals surface area (Å²) in [5.41, 5.74) is 0.214. The highest BCUT2D eigenvalue weighted by Gasteiger charge is 2.24. The van der Waals surface area contributed by atoms with E-state index in [1.165, 1.54) is 6.26 Å². The molecule has 0 amide bonds. The topological polar surface area (TPSA) is 59.7 Å². The number of carbonyl (C=O) groups is 1. The lowest BCUT2D eigenvalue weighted by Gasteiger charge is -2.11. The molecule has 1 N–H and O–H groups in total. The summed E-state index contributed by atoms with van der Waals surface area (Å²) in [4.78, 5) is 10.6. The first-order valence-corrected chi connectivity index (χ1v) is 6.25. The highest BCUT2D eigenvalue weighted by molar-refractivity contribution is 7.99. The Balaban J connectivity index is 1.87. The third-order valence-corrected chi connectivity index (χ3v) is 4.15. The Labute approximate surface area is 98.0 Å². The fourth-order valence-electron chi connectivity index (χ4n) is 1.69. The van der Waals surface area contributed by atoms with E-state index in [-0.39, 0.29) is 11.7 Å². The van der Waals surface area contributed by atoms with Gasteiger partial charge in [-0.1, -0.05) is 0 Å². The van der Waals surface area contributed by atoms with Gasteiger partial charge in [0.15, 0.2) is 0 Å². The van der Waals surface area contributed by atoms with Crippen LogP contribution in [0.5, 0.6) is 0 Å². The molecule has 0 aromatic carbocycles. The van der Waals surface area contributed by atoms with E-state index >= 15 is 0 Å². The predicted octanol–water partition coefficient (Wildman–Crippen LogP) is 2.39. The lowest BCUT2D eigenvalue weighted by atomic mass is 10.3. The van der Waals surface area contributed by atoms with Gasteiger partial charge in [-0.3, -0.25) is 0 Å². The molecule has 0 saturated carbocycles. The van der Waals surface area contributed by atoms with Gasteiger partial charge in [0.05, 0.1) is 17.4 Å². The van der Waals surface area contributed by atoms with Gasteiger partial charge in [0, 0.05) is 11.9 Å². The second-order valence-corrected chi connectivity index (χ2v) is 5.05. The molecule has 2 rings (SSSR count). The zero-order chi connectivity index (χ0) is 11.5. The van der Waals surface area contributed by atoms with Crippen LogP contribution in [0, 0.1) is 0 Å². The van der Waals surface area contributed by atoms with Gasteiger partial charge in [-0.25, -0.2) is 4.79 Å². The number of aromatic carboxylic acids is 1. The average Bonchev–Trinajstić information content (AvgIpc) is 2.83. The van der Waals surface area contributed by atoms with E-state index in [1.807, 2.05) is 0 Å². The zero-order valence-corrected chi connectivity index (χ0v) is 9.83. The van der Waals surface area contributed by atoms with Gasteiger partial charge in [0.2, 0.25) is 0 Å². The number of carboxylic acid groups (broad SMARTS) is 1. The molecule has 2 atom stereocenters. The number of furan rings is 1. The van der Waals surface area contributed by atoms with Gasteiger partial charge < -0.3 is 14.3 Å². The number of hydrogen-bond acceptors (Lipinski definition) is 4. The first-order chi connectivity index (χ1) is 7.66. The molecular formula is C11H14O4S. The highest BCUT2D eigenvalue weighted by atomic mass is 32.2. The summed E-state index contributed by atoms with van der Waals surface area (Å²) in [6, 6.07) is 1.58. The number of rotatable bonds is 4. The van der Waals surface area contributed by atoms with Crippen molar-refractivity contribution in [2.45, 2.75) is 30.5 Å². The van der Waals surface area contributed by atoms with Crippen molar-refractivity contribution in [3.05, 3.63) is 23.7 Å². The van der Waals surface area contributed by atoms with Gasteiger partial charge in [-0.2, -0.15) is 0 Å². The van der Waals surface area contributed by atoms with Crippen molar-refractivity contribution in [1.82, 2.24) is 0 Å². The van der Waals surface area contributed by atoms with Gasteiger partial charge in [0.25, 0.3) is 0 Å². The van der Waals surface area contributed by atoms with E-state index in [9.17, 15) is 4.79 Å². The first kappa shape index (κ1) is 11.5. The van der Waals surface area contributed by atoms with Gasteiger partial charge in [0.1, 0.15) is 12.0 Å². The number of carboxylic acids is 1. The summed E-state index contributed by atoms with van der Waals surface area (Å²) >= 11 is 1.76. The Kier molecular flexibility index (Phi) is 3.56. The standard InChI is InChI=1S/C11H14O4S/c1-7-10(2-3-14-7)16-6-9-4-8(5-15-9)11(12)13/h4-5,7,10H,2-3,6H2,1H3,(H,12,13). The van der Waals surface area contributed by atoms with Crippen molar-refractivity contribution < 1.29 is 19.1 Å². The van der Waals surface area contributed by atoms with Crippen molar-refractivity contribution in [2.24, 2.45) is 0 Å². The maximum absolute atomic E-state index is 10.6. The molecule has 1 saturated heterocycles. The SMILES string of the molecule is CC1OCCC1SCc1cc(C(=O)O)co1. The van der Waals surface area contributed by atoms with Crippen LogP contribution >= 0.6 is 11.8 Å². The Morgan fingerprint density at radius 3 is 3.06 bits per heavy atom. The summed E-state index contributed by atoms with van der Waals surface area (Å²) < 4.78 is 10.6. The van der Waals surface area contributed by atoms with Crippen molar-refractivity contribution in [2.75, 3.05) is 6.61 Å². The maximum Gasteiger partial charge on any atom is 0.338 e. The zero-order valence-electron chi connectivity index (χ0n) is 9.01. The third kappa shape index (κ3) is 2.59. The minimum Gasteiger partial charge on any atom is -0.478 e.